The Morgan fingerprint density at radius 1 is 1.20 bits per heavy atom. The molecule has 3 rings (SSSR count). The first-order valence-electron chi connectivity index (χ1n) is 6.37. The molecule has 0 saturated carbocycles. The van der Waals surface area contributed by atoms with E-state index in [0.29, 0.717) is 17.9 Å². The molecule has 0 unspecified atom stereocenters. The Kier molecular flexibility index (Phi) is 3.16. The minimum Gasteiger partial charge on any atom is -0.324 e. The highest BCUT2D eigenvalue weighted by molar-refractivity contribution is 5.92. The molecule has 0 aliphatic rings. The quantitative estimate of drug-likeness (QED) is 0.790. The molecule has 100 valence electrons. The number of aryl methyl sites for hydroxylation is 1. The van der Waals surface area contributed by atoms with E-state index in [1.807, 2.05) is 49.4 Å². The number of carbonyl (C=O) groups is 1. The highest BCUT2D eigenvalue weighted by atomic mass is 16.1. The Balaban J connectivity index is 1.74. The molecule has 1 aromatic carbocycles. The first-order valence-corrected chi connectivity index (χ1v) is 6.37. The van der Waals surface area contributed by atoms with Gasteiger partial charge in [0.2, 0.25) is 5.91 Å². The topological polar surface area (TPSA) is 59.3 Å². The standard InChI is InChI=1S/C15H14N4O/c1-11-16-14-8-7-13(10-19(14)18-11)17-15(20)9-12-5-3-2-4-6-12/h2-8,10H,9H2,1H3,(H,17,20). The Bertz CT molecular complexity index is 749. The zero-order valence-electron chi connectivity index (χ0n) is 11.1. The van der Waals surface area contributed by atoms with Crippen LogP contribution in [0.15, 0.2) is 48.7 Å². The van der Waals surface area contributed by atoms with Crippen molar-refractivity contribution in [3.63, 3.8) is 0 Å². The number of hydrogen-bond acceptors (Lipinski definition) is 3. The van der Waals surface area contributed by atoms with Crippen LogP contribution < -0.4 is 5.32 Å². The fourth-order valence-corrected chi connectivity index (χ4v) is 2.05. The van der Waals surface area contributed by atoms with Crippen LogP contribution in [0.1, 0.15) is 11.4 Å². The van der Waals surface area contributed by atoms with Gasteiger partial charge < -0.3 is 5.32 Å². The van der Waals surface area contributed by atoms with E-state index in [1.165, 1.54) is 0 Å². The molecule has 0 saturated heterocycles. The molecule has 0 bridgehead atoms. The lowest BCUT2D eigenvalue weighted by molar-refractivity contribution is -0.115. The number of carbonyl (C=O) groups excluding carboxylic acids is 1. The number of hydrogen-bond donors (Lipinski definition) is 1. The van der Waals surface area contributed by atoms with Crippen LogP contribution in [0.3, 0.4) is 0 Å². The van der Waals surface area contributed by atoms with E-state index in [1.54, 1.807) is 10.7 Å². The van der Waals surface area contributed by atoms with Gasteiger partial charge in [0, 0.05) is 0 Å². The molecule has 5 heteroatoms. The number of benzene rings is 1. The van der Waals surface area contributed by atoms with Gasteiger partial charge in [-0.1, -0.05) is 30.3 Å². The van der Waals surface area contributed by atoms with E-state index in [9.17, 15) is 4.79 Å². The van der Waals surface area contributed by atoms with Crippen LogP contribution in [-0.4, -0.2) is 20.5 Å². The summed E-state index contributed by atoms with van der Waals surface area (Å²) in [5, 5.41) is 7.08. The predicted octanol–water partition coefficient (Wildman–Crippen LogP) is 2.22. The molecular weight excluding hydrogens is 252 g/mol. The van der Waals surface area contributed by atoms with Gasteiger partial charge >= 0.3 is 0 Å². The molecule has 1 amide bonds. The fraction of sp³-hybridized carbons (Fsp3) is 0.133. The van der Waals surface area contributed by atoms with Crippen LogP contribution in [0.25, 0.3) is 5.65 Å². The maximum Gasteiger partial charge on any atom is 0.228 e. The molecule has 3 aromatic rings. The number of nitrogens with zero attached hydrogens (tertiary/aromatic N) is 3. The number of amides is 1. The first-order chi connectivity index (χ1) is 9.70. The molecule has 2 heterocycles. The Morgan fingerprint density at radius 2 is 2.00 bits per heavy atom. The van der Waals surface area contributed by atoms with E-state index in [4.69, 9.17) is 0 Å². The van der Waals surface area contributed by atoms with Crippen LogP contribution in [0.4, 0.5) is 5.69 Å². The van der Waals surface area contributed by atoms with E-state index in [0.717, 1.165) is 11.2 Å². The molecule has 0 aliphatic carbocycles. The second kappa shape index (κ2) is 5.13. The van der Waals surface area contributed by atoms with Crippen molar-refractivity contribution in [3.05, 3.63) is 60.0 Å². The minimum absolute atomic E-state index is 0.0487. The summed E-state index contributed by atoms with van der Waals surface area (Å²) in [5.41, 5.74) is 2.47. The average molecular weight is 266 g/mol. The molecule has 2 aromatic heterocycles. The number of fused-ring (bicyclic) bond motifs is 1. The normalized spacial score (nSPS) is 10.7. The number of aromatic nitrogens is 3. The molecular formula is C15H14N4O. The number of anilines is 1. The smallest absolute Gasteiger partial charge is 0.228 e. The summed E-state index contributed by atoms with van der Waals surface area (Å²) < 4.78 is 1.66. The third kappa shape index (κ3) is 2.66. The second-order valence-electron chi connectivity index (χ2n) is 4.59. The fourth-order valence-electron chi connectivity index (χ4n) is 2.05. The van der Waals surface area contributed by atoms with Crippen LogP contribution in [0.2, 0.25) is 0 Å². The summed E-state index contributed by atoms with van der Waals surface area (Å²) in [5.74, 6) is 0.658. The molecule has 0 atom stereocenters. The molecule has 0 fully saturated rings. The van der Waals surface area contributed by atoms with Crippen molar-refractivity contribution in [2.24, 2.45) is 0 Å². The van der Waals surface area contributed by atoms with Crippen molar-refractivity contribution in [1.29, 1.82) is 0 Å². The maximum absolute atomic E-state index is 12.0. The zero-order chi connectivity index (χ0) is 13.9. The van der Waals surface area contributed by atoms with E-state index in [-0.39, 0.29) is 5.91 Å². The number of pyridine rings is 1. The van der Waals surface area contributed by atoms with Gasteiger partial charge in [-0.15, -0.1) is 0 Å². The highest BCUT2D eigenvalue weighted by Gasteiger charge is 2.05. The summed E-state index contributed by atoms with van der Waals surface area (Å²) in [6, 6.07) is 13.3. The summed E-state index contributed by atoms with van der Waals surface area (Å²) in [4.78, 5) is 16.2. The summed E-state index contributed by atoms with van der Waals surface area (Å²) in [7, 11) is 0. The maximum atomic E-state index is 12.0. The SMILES string of the molecule is Cc1nc2ccc(NC(=O)Cc3ccccc3)cn2n1. The van der Waals surface area contributed by atoms with Crippen molar-refractivity contribution in [2.45, 2.75) is 13.3 Å². The zero-order valence-corrected chi connectivity index (χ0v) is 11.1. The van der Waals surface area contributed by atoms with Gasteiger partial charge in [0.15, 0.2) is 5.65 Å². The third-order valence-electron chi connectivity index (χ3n) is 2.93. The molecule has 1 N–H and O–H groups in total. The van der Waals surface area contributed by atoms with Crippen molar-refractivity contribution >= 4 is 17.2 Å². The first kappa shape index (κ1) is 12.3. The van der Waals surface area contributed by atoms with Crippen LogP contribution in [-0.2, 0) is 11.2 Å². The Labute approximate surface area is 116 Å². The van der Waals surface area contributed by atoms with Crippen molar-refractivity contribution < 1.29 is 4.79 Å². The van der Waals surface area contributed by atoms with Crippen LogP contribution in [0.5, 0.6) is 0 Å². The summed E-state index contributed by atoms with van der Waals surface area (Å²) >= 11 is 0. The monoisotopic (exact) mass is 266 g/mol. The van der Waals surface area contributed by atoms with Crippen molar-refractivity contribution in [2.75, 3.05) is 5.32 Å². The van der Waals surface area contributed by atoms with E-state index >= 15 is 0 Å². The number of nitrogens with one attached hydrogen (secondary N) is 1. The van der Waals surface area contributed by atoms with Gasteiger partial charge in [0.05, 0.1) is 18.3 Å². The van der Waals surface area contributed by atoms with Crippen molar-refractivity contribution in [1.82, 2.24) is 14.6 Å². The summed E-state index contributed by atoms with van der Waals surface area (Å²) in [6.07, 6.45) is 2.12. The predicted molar refractivity (Wildman–Crippen MR) is 76.5 cm³/mol. The van der Waals surface area contributed by atoms with Gasteiger partial charge in [-0.25, -0.2) is 9.50 Å². The third-order valence-corrected chi connectivity index (χ3v) is 2.93. The second-order valence-corrected chi connectivity index (χ2v) is 4.59. The molecule has 0 aliphatic heterocycles. The molecule has 5 nitrogen and oxygen atoms in total. The van der Waals surface area contributed by atoms with Gasteiger partial charge in [0.25, 0.3) is 0 Å². The van der Waals surface area contributed by atoms with Gasteiger partial charge in [-0.3, -0.25) is 4.79 Å². The minimum atomic E-state index is -0.0487. The molecule has 0 spiro atoms. The Morgan fingerprint density at radius 3 is 2.80 bits per heavy atom. The largest absolute Gasteiger partial charge is 0.324 e. The summed E-state index contributed by atoms with van der Waals surface area (Å²) in [6.45, 7) is 1.83. The van der Waals surface area contributed by atoms with Gasteiger partial charge in [-0.2, -0.15) is 5.10 Å². The van der Waals surface area contributed by atoms with Crippen molar-refractivity contribution in [3.8, 4) is 0 Å². The van der Waals surface area contributed by atoms with E-state index in [2.05, 4.69) is 15.4 Å². The molecule has 20 heavy (non-hydrogen) atoms. The highest BCUT2D eigenvalue weighted by Crippen LogP contribution is 2.10. The lowest BCUT2D eigenvalue weighted by Crippen LogP contribution is -2.14. The van der Waals surface area contributed by atoms with Gasteiger partial charge in [0.1, 0.15) is 5.82 Å². The van der Waals surface area contributed by atoms with Gasteiger partial charge in [-0.05, 0) is 24.6 Å². The average Bonchev–Trinajstić information content (AvgIpc) is 2.79. The lowest BCUT2D eigenvalue weighted by atomic mass is 10.1. The molecule has 0 radical (unpaired) electrons. The van der Waals surface area contributed by atoms with Crippen LogP contribution in [0, 0.1) is 6.92 Å². The lowest BCUT2D eigenvalue weighted by Gasteiger charge is -2.05. The Hall–Kier alpha value is -2.69. The van der Waals surface area contributed by atoms with Crippen LogP contribution >= 0.6 is 0 Å². The van der Waals surface area contributed by atoms with E-state index < -0.39 is 0 Å². The number of rotatable bonds is 3.